The molecule has 12 heteroatoms. The Morgan fingerprint density at radius 3 is 2.24 bits per heavy atom. The van der Waals surface area contributed by atoms with Crippen molar-refractivity contribution in [1.29, 1.82) is 0 Å². The minimum Gasteiger partial charge on any atom is -0.481 e. The zero-order chi connectivity index (χ0) is 27.7. The molecule has 38 heavy (non-hydrogen) atoms. The Morgan fingerprint density at radius 2 is 1.66 bits per heavy atom. The standard InChI is InChI=1S/C26H36N4O8/c1-25(22(33)34)15-20(38-24(37)29-10-6-9-19(29)17-31)16-30(23(35)36)26(25,2)21(32)28-13-11-27(12-14-28)18-7-4-3-5-8-18/h3-5,7-8,19-20,31H,6,9-17H2,1-2H3,(H,33,34)(H,35,36)/t19-,20-,25+,26+/m0/s1. The zero-order valence-electron chi connectivity index (χ0n) is 21.8. The number of aliphatic hydroxyl groups is 1. The number of nitrogens with zero attached hydrogens (tertiary/aromatic N) is 4. The fourth-order valence-electron chi connectivity index (χ4n) is 5.99. The van der Waals surface area contributed by atoms with E-state index in [1.807, 2.05) is 30.3 Å². The Hall–Kier alpha value is -3.54. The van der Waals surface area contributed by atoms with Gasteiger partial charge >= 0.3 is 18.2 Å². The molecule has 0 aliphatic carbocycles. The van der Waals surface area contributed by atoms with E-state index in [1.165, 1.54) is 23.6 Å². The first kappa shape index (κ1) is 27.5. The number of carboxylic acid groups (broad SMARTS) is 2. The number of rotatable bonds is 5. The predicted molar refractivity (Wildman–Crippen MR) is 136 cm³/mol. The monoisotopic (exact) mass is 532 g/mol. The van der Waals surface area contributed by atoms with Crippen LogP contribution >= 0.6 is 0 Å². The molecule has 3 amide bonds. The molecule has 1 aromatic carbocycles. The Bertz CT molecular complexity index is 1060. The van der Waals surface area contributed by atoms with Crippen molar-refractivity contribution in [2.24, 2.45) is 5.41 Å². The van der Waals surface area contributed by atoms with Gasteiger partial charge in [0, 0.05) is 44.8 Å². The van der Waals surface area contributed by atoms with Crippen molar-refractivity contribution >= 4 is 29.8 Å². The summed E-state index contributed by atoms with van der Waals surface area (Å²) in [7, 11) is 0. The number of likely N-dealkylation sites (tertiary alicyclic amines) is 2. The van der Waals surface area contributed by atoms with Gasteiger partial charge in [-0.3, -0.25) is 14.5 Å². The number of carbonyl (C=O) groups is 4. The van der Waals surface area contributed by atoms with Gasteiger partial charge in [0.15, 0.2) is 0 Å². The van der Waals surface area contributed by atoms with Crippen molar-refractivity contribution in [2.45, 2.75) is 50.8 Å². The normalized spacial score (nSPS) is 29.8. The lowest BCUT2D eigenvalue weighted by Crippen LogP contribution is -2.74. The van der Waals surface area contributed by atoms with Crippen LogP contribution in [-0.4, -0.2) is 118 Å². The summed E-state index contributed by atoms with van der Waals surface area (Å²) in [5, 5.41) is 30.0. The molecule has 0 spiro atoms. The summed E-state index contributed by atoms with van der Waals surface area (Å²) in [6.45, 7) is 4.18. The number of piperidine rings is 1. The fourth-order valence-corrected chi connectivity index (χ4v) is 5.99. The summed E-state index contributed by atoms with van der Waals surface area (Å²) in [4.78, 5) is 57.8. The van der Waals surface area contributed by atoms with Crippen molar-refractivity contribution in [2.75, 3.05) is 50.8 Å². The topological polar surface area (TPSA) is 151 Å². The van der Waals surface area contributed by atoms with Crippen LogP contribution in [-0.2, 0) is 14.3 Å². The molecule has 0 radical (unpaired) electrons. The summed E-state index contributed by atoms with van der Waals surface area (Å²) >= 11 is 0. The Balaban J connectivity index is 1.55. The highest BCUT2D eigenvalue weighted by Gasteiger charge is 2.65. The Morgan fingerprint density at radius 1 is 1.00 bits per heavy atom. The van der Waals surface area contributed by atoms with Crippen molar-refractivity contribution in [3.63, 3.8) is 0 Å². The van der Waals surface area contributed by atoms with Crippen molar-refractivity contribution < 1.29 is 39.2 Å². The molecule has 4 atom stereocenters. The summed E-state index contributed by atoms with van der Waals surface area (Å²) in [6.07, 6.45) is -2.18. The maximum atomic E-state index is 14.0. The first-order chi connectivity index (χ1) is 18.0. The molecule has 3 aliphatic heterocycles. The molecule has 3 fully saturated rings. The number of aliphatic carboxylic acids is 1. The van der Waals surface area contributed by atoms with Gasteiger partial charge in [0.05, 0.1) is 19.2 Å². The van der Waals surface area contributed by atoms with Gasteiger partial charge in [-0.05, 0) is 38.8 Å². The Kier molecular flexibility index (Phi) is 7.73. The molecule has 3 N–H and O–H groups in total. The van der Waals surface area contributed by atoms with Gasteiger partial charge in [0.25, 0.3) is 0 Å². The lowest BCUT2D eigenvalue weighted by Gasteiger charge is -2.55. The highest BCUT2D eigenvalue weighted by Crippen LogP contribution is 2.46. The van der Waals surface area contributed by atoms with Crippen LogP contribution in [0.15, 0.2) is 30.3 Å². The number of hydrogen-bond donors (Lipinski definition) is 3. The van der Waals surface area contributed by atoms with Gasteiger partial charge in [0.1, 0.15) is 17.1 Å². The SMILES string of the molecule is C[C@]1(C(=O)N2CCN(c3ccccc3)CC2)N(C(=O)O)C[C@@H](OC(=O)N2CCC[C@H]2CO)C[C@]1(C)C(=O)O. The highest BCUT2D eigenvalue weighted by molar-refractivity contribution is 5.96. The molecule has 0 unspecified atom stereocenters. The molecule has 3 saturated heterocycles. The summed E-state index contributed by atoms with van der Waals surface area (Å²) in [5.41, 5.74) is -2.79. The van der Waals surface area contributed by atoms with E-state index in [1.54, 1.807) is 0 Å². The second-order valence-electron chi connectivity index (χ2n) is 10.6. The van der Waals surface area contributed by atoms with Gasteiger partial charge in [-0.15, -0.1) is 0 Å². The van der Waals surface area contributed by atoms with E-state index < -0.39 is 47.2 Å². The zero-order valence-corrected chi connectivity index (χ0v) is 21.8. The molecule has 0 aromatic heterocycles. The number of hydrogen-bond acceptors (Lipinski definition) is 7. The first-order valence-electron chi connectivity index (χ1n) is 12.9. The lowest BCUT2D eigenvalue weighted by atomic mass is 9.64. The minimum absolute atomic E-state index is 0.224. The lowest BCUT2D eigenvalue weighted by molar-refractivity contribution is -0.181. The number of anilines is 1. The van der Waals surface area contributed by atoms with Crippen LogP contribution in [0, 0.1) is 5.41 Å². The molecule has 208 valence electrons. The van der Waals surface area contributed by atoms with Crippen LogP contribution in [0.25, 0.3) is 0 Å². The van der Waals surface area contributed by atoms with Gasteiger partial charge in [-0.1, -0.05) is 18.2 Å². The average Bonchev–Trinajstić information content (AvgIpc) is 3.40. The van der Waals surface area contributed by atoms with Gasteiger partial charge in [-0.25, -0.2) is 9.59 Å². The summed E-state index contributed by atoms with van der Waals surface area (Å²) in [6, 6.07) is 9.32. The van der Waals surface area contributed by atoms with E-state index in [2.05, 4.69) is 4.90 Å². The number of benzene rings is 1. The van der Waals surface area contributed by atoms with Crippen molar-refractivity contribution in [3.05, 3.63) is 30.3 Å². The third-order valence-corrected chi connectivity index (χ3v) is 8.53. The van der Waals surface area contributed by atoms with Crippen LogP contribution in [0.5, 0.6) is 0 Å². The van der Waals surface area contributed by atoms with Crippen LogP contribution in [0.1, 0.15) is 33.1 Å². The maximum absolute atomic E-state index is 14.0. The second kappa shape index (κ2) is 10.7. The van der Waals surface area contributed by atoms with E-state index in [0.29, 0.717) is 45.6 Å². The smallest absolute Gasteiger partial charge is 0.410 e. The molecule has 0 saturated carbocycles. The molecule has 1 aromatic rings. The van der Waals surface area contributed by atoms with E-state index in [-0.39, 0.29) is 19.6 Å². The molecule has 4 rings (SSSR count). The largest absolute Gasteiger partial charge is 0.481 e. The first-order valence-corrected chi connectivity index (χ1v) is 12.9. The number of carboxylic acids is 1. The van der Waals surface area contributed by atoms with Gasteiger partial charge < -0.3 is 34.8 Å². The summed E-state index contributed by atoms with van der Waals surface area (Å²) < 4.78 is 5.59. The van der Waals surface area contributed by atoms with Crippen molar-refractivity contribution in [3.8, 4) is 0 Å². The Labute approximate surface area is 221 Å². The van der Waals surface area contributed by atoms with Crippen LogP contribution in [0.4, 0.5) is 15.3 Å². The van der Waals surface area contributed by atoms with Crippen LogP contribution < -0.4 is 4.90 Å². The fraction of sp³-hybridized carbons (Fsp3) is 0.615. The molecule has 0 bridgehead atoms. The van der Waals surface area contributed by atoms with E-state index in [9.17, 15) is 34.5 Å². The van der Waals surface area contributed by atoms with E-state index in [4.69, 9.17) is 4.74 Å². The number of para-hydroxylation sites is 1. The number of amides is 3. The second-order valence-corrected chi connectivity index (χ2v) is 10.6. The molecular weight excluding hydrogens is 496 g/mol. The maximum Gasteiger partial charge on any atom is 0.410 e. The highest BCUT2D eigenvalue weighted by atomic mass is 16.6. The summed E-state index contributed by atoms with van der Waals surface area (Å²) in [5.74, 6) is -1.93. The number of carbonyl (C=O) groups excluding carboxylic acids is 2. The molecular formula is C26H36N4O8. The minimum atomic E-state index is -1.93. The van der Waals surface area contributed by atoms with Crippen LogP contribution in [0.3, 0.4) is 0 Å². The predicted octanol–water partition coefficient (Wildman–Crippen LogP) is 1.53. The third-order valence-electron chi connectivity index (χ3n) is 8.53. The van der Waals surface area contributed by atoms with Gasteiger partial charge in [-0.2, -0.15) is 0 Å². The van der Waals surface area contributed by atoms with Gasteiger partial charge in [0.2, 0.25) is 5.91 Å². The number of ether oxygens (including phenoxy) is 1. The quantitative estimate of drug-likeness (QED) is 0.513. The average molecular weight is 533 g/mol. The van der Waals surface area contributed by atoms with Crippen LogP contribution in [0.2, 0.25) is 0 Å². The van der Waals surface area contributed by atoms with Crippen molar-refractivity contribution in [1.82, 2.24) is 14.7 Å². The number of piperazine rings is 1. The van der Waals surface area contributed by atoms with E-state index in [0.717, 1.165) is 10.6 Å². The van der Waals surface area contributed by atoms with E-state index >= 15 is 0 Å². The molecule has 3 aliphatic rings. The molecule has 12 nitrogen and oxygen atoms in total. The molecule has 3 heterocycles. The third kappa shape index (κ3) is 4.72. The number of aliphatic hydroxyl groups excluding tert-OH is 1.